The first-order valence-electron chi connectivity index (χ1n) is 10.6. The number of morpholine rings is 1. The molecule has 1 atom stereocenters. The summed E-state index contributed by atoms with van der Waals surface area (Å²) in [4.78, 5) is 14.8. The maximum Gasteiger partial charge on any atom is 0.254 e. The number of halogens is 2. The van der Waals surface area contributed by atoms with Crippen molar-refractivity contribution in [2.24, 2.45) is 0 Å². The Balaban J connectivity index is 1.54. The Morgan fingerprint density at radius 1 is 0.969 bits per heavy atom. The maximum absolute atomic E-state index is 14.1. The second kappa shape index (κ2) is 10.0. The average molecular weight is 437 g/mol. The van der Waals surface area contributed by atoms with Crippen LogP contribution in [0.1, 0.15) is 27.9 Å². The summed E-state index contributed by atoms with van der Waals surface area (Å²) in [5.74, 6) is -1.98. The zero-order valence-corrected chi connectivity index (χ0v) is 17.7. The molecule has 0 N–H and O–H groups in total. The molecule has 0 radical (unpaired) electrons. The van der Waals surface area contributed by atoms with Gasteiger partial charge in [0.15, 0.2) is 11.6 Å². The lowest BCUT2D eigenvalue weighted by atomic mass is 9.88. The van der Waals surface area contributed by atoms with Crippen LogP contribution < -0.4 is 0 Å². The van der Waals surface area contributed by atoms with Gasteiger partial charge in [0.2, 0.25) is 0 Å². The van der Waals surface area contributed by atoms with E-state index in [2.05, 4.69) is 0 Å². The highest BCUT2D eigenvalue weighted by Crippen LogP contribution is 2.35. The van der Waals surface area contributed by atoms with Crippen molar-refractivity contribution in [3.05, 3.63) is 107 Å². The van der Waals surface area contributed by atoms with Crippen molar-refractivity contribution in [2.45, 2.75) is 18.6 Å². The Hall–Kier alpha value is -3.09. The smallest absolute Gasteiger partial charge is 0.254 e. The second-order valence-electron chi connectivity index (χ2n) is 7.85. The lowest BCUT2D eigenvalue weighted by molar-refractivity contribution is -0.120. The van der Waals surface area contributed by atoms with Crippen LogP contribution in [0.25, 0.3) is 0 Å². The maximum atomic E-state index is 14.1. The molecule has 0 aliphatic carbocycles. The third-order valence-electron chi connectivity index (χ3n) is 5.70. The molecule has 166 valence electrons. The fourth-order valence-electron chi connectivity index (χ4n) is 3.97. The van der Waals surface area contributed by atoms with Gasteiger partial charge < -0.3 is 14.4 Å². The van der Waals surface area contributed by atoms with Crippen molar-refractivity contribution >= 4 is 5.91 Å². The average Bonchev–Trinajstić information content (AvgIpc) is 2.84. The molecule has 0 spiro atoms. The summed E-state index contributed by atoms with van der Waals surface area (Å²) in [5, 5.41) is 0. The zero-order chi connectivity index (χ0) is 22.4. The molecule has 3 aromatic carbocycles. The molecule has 6 heteroatoms. The van der Waals surface area contributed by atoms with Gasteiger partial charge in [-0.05, 0) is 35.4 Å². The molecular formula is C26H25F2NO3. The molecule has 1 saturated heterocycles. The fourth-order valence-corrected chi connectivity index (χ4v) is 3.97. The van der Waals surface area contributed by atoms with Crippen molar-refractivity contribution in [1.82, 2.24) is 4.90 Å². The lowest BCUT2D eigenvalue weighted by Crippen LogP contribution is -2.52. The van der Waals surface area contributed by atoms with Gasteiger partial charge in [-0.15, -0.1) is 0 Å². The highest BCUT2D eigenvalue weighted by Gasteiger charge is 2.40. The third kappa shape index (κ3) is 5.03. The molecule has 32 heavy (non-hydrogen) atoms. The number of rotatable bonds is 7. The molecular weight excluding hydrogens is 412 g/mol. The molecule has 1 heterocycles. The van der Waals surface area contributed by atoms with Crippen molar-refractivity contribution < 1.29 is 23.0 Å². The van der Waals surface area contributed by atoms with E-state index in [1.807, 2.05) is 48.5 Å². The highest BCUT2D eigenvalue weighted by atomic mass is 19.2. The minimum absolute atomic E-state index is 0.119. The van der Waals surface area contributed by atoms with E-state index in [0.29, 0.717) is 37.3 Å². The van der Waals surface area contributed by atoms with Gasteiger partial charge in [0.1, 0.15) is 5.60 Å². The summed E-state index contributed by atoms with van der Waals surface area (Å²) in [5.41, 5.74) is 1.12. The Bertz CT molecular complexity index is 1050. The van der Waals surface area contributed by atoms with Crippen molar-refractivity contribution in [3.8, 4) is 0 Å². The number of hydrogen-bond acceptors (Lipinski definition) is 3. The van der Waals surface area contributed by atoms with E-state index in [1.165, 1.54) is 6.07 Å². The molecule has 4 nitrogen and oxygen atoms in total. The quantitative estimate of drug-likeness (QED) is 0.492. The predicted octanol–water partition coefficient (Wildman–Crippen LogP) is 4.94. The molecule has 0 saturated carbocycles. The topological polar surface area (TPSA) is 38.8 Å². The standard InChI is InChI=1S/C26H25F2NO3/c27-23-12-11-22(17-24(23)28)26(13-15-31-18-20-7-3-1-4-8-20)19-29(14-16-32-26)25(30)21-9-5-2-6-10-21/h1-12,17H,13-16,18-19H2. The van der Waals surface area contributed by atoms with Gasteiger partial charge in [-0.1, -0.05) is 54.6 Å². The summed E-state index contributed by atoms with van der Waals surface area (Å²) in [6, 6.07) is 22.6. The monoisotopic (exact) mass is 437 g/mol. The zero-order valence-electron chi connectivity index (χ0n) is 17.7. The highest BCUT2D eigenvalue weighted by molar-refractivity contribution is 5.94. The van der Waals surface area contributed by atoms with E-state index >= 15 is 0 Å². The van der Waals surface area contributed by atoms with E-state index in [-0.39, 0.29) is 19.1 Å². The van der Waals surface area contributed by atoms with Crippen LogP contribution in [0.15, 0.2) is 78.9 Å². The Labute approximate surface area is 186 Å². The van der Waals surface area contributed by atoms with Crippen LogP contribution in [-0.4, -0.2) is 37.1 Å². The molecule has 0 aromatic heterocycles. The van der Waals surface area contributed by atoms with Gasteiger partial charge in [-0.3, -0.25) is 4.79 Å². The largest absolute Gasteiger partial charge is 0.377 e. The van der Waals surface area contributed by atoms with Gasteiger partial charge in [0.05, 0.1) is 26.4 Å². The Morgan fingerprint density at radius 3 is 2.41 bits per heavy atom. The number of benzene rings is 3. The molecule has 1 aliphatic rings. The van der Waals surface area contributed by atoms with Gasteiger partial charge >= 0.3 is 0 Å². The van der Waals surface area contributed by atoms with Crippen LogP contribution in [0, 0.1) is 11.6 Å². The van der Waals surface area contributed by atoms with Crippen LogP contribution in [-0.2, 0) is 21.7 Å². The summed E-state index contributed by atoms with van der Waals surface area (Å²) >= 11 is 0. The second-order valence-corrected chi connectivity index (χ2v) is 7.85. The van der Waals surface area contributed by atoms with Gasteiger partial charge in [0.25, 0.3) is 5.91 Å². The van der Waals surface area contributed by atoms with Crippen LogP contribution in [0.5, 0.6) is 0 Å². The number of hydrogen-bond donors (Lipinski definition) is 0. The number of ether oxygens (including phenoxy) is 2. The fraction of sp³-hybridized carbons (Fsp3) is 0.269. The minimum atomic E-state index is -0.992. The molecule has 1 fully saturated rings. The van der Waals surface area contributed by atoms with Crippen LogP contribution in [0.2, 0.25) is 0 Å². The Morgan fingerprint density at radius 2 is 1.69 bits per heavy atom. The molecule has 1 amide bonds. The first-order valence-corrected chi connectivity index (χ1v) is 10.6. The third-order valence-corrected chi connectivity index (χ3v) is 5.70. The van der Waals surface area contributed by atoms with Crippen LogP contribution in [0.4, 0.5) is 8.78 Å². The first kappa shape index (κ1) is 22.1. The lowest BCUT2D eigenvalue weighted by Gasteiger charge is -2.43. The summed E-state index contributed by atoms with van der Waals surface area (Å²) in [6.45, 7) is 1.70. The van der Waals surface area contributed by atoms with Gasteiger partial charge in [-0.25, -0.2) is 8.78 Å². The number of amides is 1. The van der Waals surface area contributed by atoms with Crippen LogP contribution in [0.3, 0.4) is 0 Å². The van der Waals surface area contributed by atoms with E-state index < -0.39 is 17.2 Å². The Kier molecular flexibility index (Phi) is 6.93. The minimum Gasteiger partial charge on any atom is -0.377 e. The normalized spacial score (nSPS) is 18.5. The molecule has 1 aliphatic heterocycles. The van der Waals surface area contributed by atoms with E-state index in [9.17, 15) is 13.6 Å². The van der Waals surface area contributed by atoms with E-state index in [0.717, 1.165) is 17.7 Å². The summed E-state index contributed by atoms with van der Waals surface area (Å²) in [6.07, 6.45) is 0.392. The van der Waals surface area contributed by atoms with Crippen molar-refractivity contribution in [3.63, 3.8) is 0 Å². The van der Waals surface area contributed by atoms with E-state index in [1.54, 1.807) is 17.0 Å². The number of carbonyl (C=O) groups excluding carboxylic acids is 1. The van der Waals surface area contributed by atoms with Crippen molar-refractivity contribution in [1.29, 1.82) is 0 Å². The summed E-state index contributed by atoms with van der Waals surface area (Å²) in [7, 11) is 0. The molecule has 4 rings (SSSR count). The predicted molar refractivity (Wildman–Crippen MR) is 117 cm³/mol. The SMILES string of the molecule is O=C(c1ccccc1)N1CCOC(CCOCc2ccccc2)(c2ccc(F)c(F)c2)C1. The molecule has 0 bridgehead atoms. The van der Waals surface area contributed by atoms with Gasteiger partial charge in [-0.2, -0.15) is 0 Å². The summed E-state index contributed by atoms with van der Waals surface area (Å²) < 4.78 is 39.7. The van der Waals surface area contributed by atoms with Crippen molar-refractivity contribution in [2.75, 3.05) is 26.3 Å². The molecule has 3 aromatic rings. The molecule has 1 unspecified atom stereocenters. The van der Waals surface area contributed by atoms with E-state index in [4.69, 9.17) is 9.47 Å². The van der Waals surface area contributed by atoms with Gasteiger partial charge in [0, 0.05) is 18.5 Å². The number of carbonyl (C=O) groups is 1. The van der Waals surface area contributed by atoms with Crippen LogP contribution >= 0.6 is 0 Å². The first-order chi connectivity index (χ1) is 15.6. The number of nitrogens with zero attached hydrogens (tertiary/aromatic N) is 1.